The summed E-state index contributed by atoms with van der Waals surface area (Å²) in [5.74, 6) is 0.849. The van der Waals surface area contributed by atoms with Crippen LogP contribution in [0, 0.1) is 0 Å². The van der Waals surface area contributed by atoms with E-state index in [1.54, 1.807) is 4.90 Å². The molecule has 1 saturated heterocycles. The van der Waals surface area contributed by atoms with Crippen molar-refractivity contribution in [2.24, 2.45) is 4.99 Å². The maximum Gasteiger partial charge on any atom is 0.410 e. The Morgan fingerprint density at radius 1 is 1.29 bits per heavy atom. The molecule has 0 radical (unpaired) electrons. The summed E-state index contributed by atoms with van der Waals surface area (Å²) in [7, 11) is 1.81. The molecule has 0 aliphatic carbocycles. The normalized spacial score (nSPS) is 16.9. The molecule has 0 aromatic carbocycles. The molecule has 0 atom stereocenters. The third kappa shape index (κ3) is 9.62. The van der Waals surface area contributed by atoms with E-state index in [1.807, 2.05) is 41.7 Å². The number of ether oxygens (including phenoxy) is 1. The van der Waals surface area contributed by atoms with E-state index >= 15 is 0 Å². The zero-order chi connectivity index (χ0) is 21.2. The minimum atomic E-state index is -0.471. The van der Waals surface area contributed by atoms with Gasteiger partial charge in [0, 0.05) is 45.3 Å². The molecule has 0 bridgehead atoms. The van der Waals surface area contributed by atoms with Crippen molar-refractivity contribution in [3.8, 4) is 0 Å². The van der Waals surface area contributed by atoms with E-state index < -0.39 is 5.60 Å². The number of nitrogens with zero attached hydrogens (tertiary/aromatic N) is 3. The lowest BCUT2D eigenvalue weighted by molar-refractivity contribution is 0.0190. The van der Waals surface area contributed by atoms with E-state index in [0.29, 0.717) is 12.6 Å². The first-order valence-electron chi connectivity index (χ1n) is 10.9. The van der Waals surface area contributed by atoms with E-state index in [9.17, 15) is 4.79 Å². The summed E-state index contributed by atoms with van der Waals surface area (Å²) in [6.07, 6.45) is 4.12. The van der Waals surface area contributed by atoms with Crippen molar-refractivity contribution in [1.82, 2.24) is 20.4 Å². The van der Waals surface area contributed by atoms with Crippen LogP contribution < -0.4 is 10.6 Å². The Balaban J connectivity index is 2.34. The second kappa shape index (κ2) is 12.1. The molecule has 28 heavy (non-hydrogen) atoms. The molecule has 0 unspecified atom stereocenters. The van der Waals surface area contributed by atoms with Crippen LogP contribution in [0.4, 0.5) is 4.79 Å². The first kappa shape index (κ1) is 24.5. The molecule has 0 spiro atoms. The number of rotatable bonds is 8. The summed E-state index contributed by atoms with van der Waals surface area (Å²) < 4.78 is 5.51. The summed E-state index contributed by atoms with van der Waals surface area (Å²) in [6.45, 7) is 16.9. The first-order valence-corrected chi connectivity index (χ1v) is 10.9. The van der Waals surface area contributed by atoms with Gasteiger partial charge in [-0.2, -0.15) is 0 Å². The van der Waals surface area contributed by atoms with Gasteiger partial charge in [-0.25, -0.2) is 4.79 Å². The summed E-state index contributed by atoms with van der Waals surface area (Å²) in [5.41, 5.74) is -0.471. The van der Waals surface area contributed by atoms with Crippen molar-refractivity contribution in [3.05, 3.63) is 0 Å². The second-order valence-electron chi connectivity index (χ2n) is 8.88. The molecular formula is C21H43N5O2. The minimum Gasteiger partial charge on any atom is -0.444 e. The average Bonchev–Trinajstić information content (AvgIpc) is 2.60. The van der Waals surface area contributed by atoms with Crippen molar-refractivity contribution >= 4 is 12.1 Å². The number of piperidine rings is 1. The molecule has 1 rings (SSSR count). The van der Waals surface area contributed by atoms with Gasteiger partial charge >= 0.3 is 6.09 Å². The number of carbonyl (C=O) groups excluding carboxylic acids is 1. The maximum absolute atomic E-state index is 12.4. The van der Waals surface area contributed by atoms with Crippen LogP contribution in [0.5, 0.6) is 0 Å². The Labute approximate surface area is 172 Å². The predicted octanol–water partition coefficient (Wildman–Crippen LogP) is 3.06. The number of carbonyl (C=O) groups is 1. The molecule has 164 valence electrons. The van der Waals surface area contributed by atoms with Crippen molar-refractivity contribution in [2.75, 3.05) is 39.8 Å². The zero-order valence-electron chi connectivity index (χ0n) is 19.2. The molecule has 1 aliphatic rings. The number of amides is 1. The van der Waals surface area contributed by atoms with Crippen molar-refractivity contribution in [1.29, 1.82) is 0 Å². The molecule has 1 heterocycles. The van der Waals surface area contributed by atoms with E-state index in [4.69, 9.17) is 4.74 Å². The maximum atomic E-state index is 12.4. The van der Waals surface area contributed by atoms with Crippen LogP contribution >= 0.6 is 0 Å². The van der Waals surface area contributed by atoms with Gasteiger partial charge in [0.15, 0.2) is 5.96 Å². The Morgan fingerprint density at radius 3 is 2.43 bits per heavy atom. The fourth-order valence-corrected chi connectivity index (χ4v) is 3.34. The Morgan fingerprint density at radius 2 is 1.93 bits per heavy atom. The summed E-state index contributed by atoms with van der Waals surface area (Å²) in [6, 6.07) is 0.592. The van der Waals surface area contributed by atoms with Crippen LogP contribution in [0.1, 0.15) is 67.2 Å². The zero-order valence-corrected chi connectivity index (χ0v) is 19.2. The molecule has 1 amide bonds. The molecule has 1 fully saturated rings. The molecule has 1 aliphatic heterocycles. The third-order valence-corrected chi connectivity index (χ3v) is 4.81. The molecular weight excluding hydrogens is 354 g/mol. The van der Waals surface area contributed by atoms with Crippen LogP contribution in [-0.2, 0) is 4.74 Å². The fourth-order valence-electron chi connectivity index (χ4n) is 3.34. The highest BCUT2D eigenvalue weighted by Gasteiger charge is 2.24. The van der Waals surface area contributed by atoms with Crippen molar-refractivity contribution in [2.45, 2.75) is 84.9 Å². The van der Waals surface area contributed by atoms with Crippen molar-refractivity contribution in [3.63, 3.8) is 0 Å². The SMILES string of the molecule is CCCN1CCC(NC(=NC)NCCCN(C(=O)OC(C)(C)C)C(C)C)CC1. The van der Waals surface area contributed by atoms with Gasteiger partial charge in [0.1, 0.15) is 5.60 Å². The quantitative estimate of drug-likeness (QED) is 0.374. The first-order chi connectivity index (χ1) is 13.2. The van der Waals surface area contributed by atoms with Gasteiger partial charge in [-0.05, 0) is 66.8 Å². The van der Waals surface area contributed by atoms with Crippen molar-refractivity contribution < 1.29 is 9.53 Å². The Hall–Kier alpha value is -1.50. The van der Waals surface area contributed by atoms with Gasteiger partial charge < -0.3 is 25.2 Å². The van der Waals surface area contributed by atoms with Gasteiger partial charge in [-0.3, -0.25) is 4.99 Å². The number of aliphatic imine (C=N–C) groups is 1. The summed E-state index contributed by atoms with van der Waals surface area (Å²) in [4.78, 5) is 21.0. The second-order valence-corrected chi connectivity index (χ2v) is 8.88. The number of likely N-dealkylation sites (tertiary alicyclic amines) is 1. The predicted molar refractivity (Wildman–Crippen MR) is 117 cm³/mol. The van der Waals surface area contributed by atoms with Gasteiger partial charge in [0.2, 0.25) is 0 Å². The monoisotopic (exact) mass is 397 g/mol. The summed E-state index contributed by atoms with van der Waals surface area (Å²) >= 11 is 0. The van der Waals surface area contributed by atoms with Gasteiger partial charge in [-0.1, -0.05) is 6.92 Å². The largest absolute Gasteiger partial charge is 0.444 e. The van der Waals surface area contributed by atoms with Gasteiger partial charge in [0.05, 0.1) is 0 Å². The molecule has 0 aromatic rings. The minimum absolute atomic E-state index is 0.112. The van der Waals surface area contributed by atoms with E-state index in [2.05, 4.69) is 27.4 Å². The molecule has 7 heteroatoms. The average molecular weight is 398 g/mol. The molecule has 0 aromatic heterocycles. The highest BCUT2D eigenvalue weighted by atomic mass is 16.6. The van der Waals surface area contributed by atoms with Crippen LogP contribution in [0.15, 0.2) is 4.99 Å². The number of nitrogens with one attached hydrogen (secondary N) is 2. The van der Waals surface area contributed by atoms with E-state index in [1.165, 1.54) is 13.0 Å². The molecule has 7 nitrogen and oxygen atoms in total. The number of hydrogen-bond donors (Lipinski definition) is 2. The number of hydrogen-bond acceptors (Lipinski definition) is 4. The van der Waals surface area contributed by atoms with Gasteiger partial charge in [0.25, 0.3) is 0 Å². The fraction of sp³-hybridized carbons (Fsp3) is 0.905. The highest BCUT2D eigenvalue weighted by molar-refractivity contribution is 5.79. The molecule has 2 N–H and O–H groups in total. The van der Waals surface area contributed by atoms with Crippen LogP contribution in [-0.4, -0.2) is 79.3 Å². The Bertz CT molecular complexity index is 480. The van der Waals surface area contributed by atoms with E-state index in [-0.39, 0.29) is 12.1 Å². The highest BCUT2D eigenvalue weighted by Crippen LogP contribution is 2.12. The number of guanidine groups is 1. The standard InChI is InChI=1S/C21H43N5O2/c1-8-13-25-15-10-18(11-16-25)24-19(22-7)23-12-9-14-26(17(2)3)20(27)28-21(4,5)6/h17-18H,8-16H2,1-7H3,(H2,22,23,24). The van der Waals surface area contributed by atoms with Crippen LogP contribution in [0.25, 0.3) is 0 Å². The smallest absolute Gasteiger partial charge is 0.410 e. The van der Waals surface area contributed by atoms with Crippen LogP contribution in [0.2, 0.25) is 0 Å². The lowest BCUT2D eigenvalue weighted by atomic mass is 10.1. The Kier molecular flexibility index (Phi) is 10.6. The third-order valence-electron chi connectivity index (χ3n) is 4.81. The summed E-state index contributed by atoms with van der Waals surface area (Å²) in [5, 5.41) is 6.92. The lowest BCUT2D eigenvalue weighted by Crippen LogP contribution is -2.49. The van der Waals surface area contributed by atoms with Crippen LogP contribution in [0.3, 0.4) is 0 Å². The topological polar surface area (TPSA) is 69.2 Å². The molecule has 0 saturated carbocycles. The lowest BCUT2D eigenvalue weighted by Gasteiger charge is -2.33. The van der Waals surface area contributed by atoms with Gasteiger partial charge in [-0.15, -0.1) is 0 Å². The van der Waals surface area contributed by atoms with E-state index in [0.717, 1.165) is 44.9 Å².